The van der Waals surface area contributed by atoms with Gasteiger partial charge in [-0.15, -0.1) is 0 Å². The van der Waals surface area contributed by atoms with Gasteiger partial charge in [0.15, 0.2) is 18.9 Å². The molecule has 19 atom stereocenters. The molecule has 48 heavy (non-hydrogen) atoms. The Morgan fingerprint density at radius 3 is 1.25 bits per heavy atom. The quantitative estimate of drug-likeness (QED) is 0.0796. The largest absolute Gasteiger partial charge is 0.394 e. The molecule has 20 nitrogen and oxygen atoms in total. The van der Waals surface area contributed by atoms with E-state index in [4.69, 9.17) is 28.4 Å². The molecule has 14 N–H and O–H groups in total. The van der Waals surface area contributed by atoms with Crippen LogP contribution in [-0.2, 0) is 28.4 Å². The van der Waals surface area contributed by atoms with Gasteiger partial charge in [0.25, 0.3) is 0 Å². The summed E-state index contributed by atoms with van der Waals surface area (Å²) in [5, 5.41) is 143. The van der Waals surface area contributed by atoms with Gasteiger partial charge < -0.3 is 99.9 Å². The van der Waals surface area contributed by atoms with Crippen LogP contribution in [0.5, 0.6) is 0 Å². The van der Waals surface area contributed by atoms with E-state index in [-0.39, 0.29) is 6.42 Å². The molecular weight excluding hydrogens is 656 g/mol. The number of aliphatic hydroxyl groups is 14. The lowest BCUT2D eigenvalue weighted by molar-refractivity contribution is -0.343. The lowest BCUT2D eigenvalue weighted by Gasteiger charge is -2.44. The van der Waals surface area contributed by atoms with Gasteiger partial charge in [0.1, 0.15) is 91.6 Å². The number of aliphatic hydroxyl groups excluding tert-OH is 14. The van der Waals surface area contributed by atoms with E-state index in [0.717, 1.165) is 0 Å². The first-order valence-electron chi connectivity index (χ1n) is 15.6. The molecule has 3 fully saturated rings. The van der Waals surface area contributed by atoms with Crippen molar-refractivity contribution in [1.82, 2.24) is 0 Å². The van der Waals surface area contributed by atoms with Crippen LogP contribution in [-0.4, -0.2) is 214 Å². The average molecular weight is 709 g/mol. The molecule has 0 saturated carbocycles. The highest BCUT2D eigenvalue weighted by atomic mass is 16.7. The number of rotatable bonds is 14. The molecule has 0 aromatic rings. The summed E-state index contributed by atoms with van der Waals surface area (Å²) < 4.78 is 32.3. The highest BCUT2D eigenvalue weighted by Crippen LogP contribution is 2.29. The first-order valence-corrected chi connectivity index (χ1v) is 15.6. The summed E-state index contributed by atoms with van der Waals surface area (Å²) in [6, 6.07) is 0. The van der Waals surface area contributed by atoms with Crippen molar-refractivity contribution in [2.24, 2.45) is 5.41 Å². The fourth-order valence-corrected chi connectivity index (χ4v) is 5.46. The van der Waals surface area contributed by atoms with Gasteiger partial charge in [-0.1, -0.05) is 20.8 Å². The Balaban J connectivity index is 1.57. The van der Waals surface area contributed by atoms with E-state index in [1.54, 1.807) is 20.8 Å². The third kappa shape index (κ3) is 10.2. The smallest absolute Gasteiger partial charge is 0.186 e. The summed E-state index contributed by atoms with van der Waals surface area (Å²) in [6.45, 7) is 2.58. The SMILES string of the molecule is CC(C)(C)C[C@H](O)[C@@H](O)[C@H](O)[C@H](O)CO[C@H]1O[C@H](CO[C@H]2O[C@H](CO[C@H]3O[C@H](CO)[C@@H](O)[C@H](O)[C@H]3O)[C@@H](O)[C@H](O)[C@H]2O)[C@@H](O)[C@H](O)[C@H]1O. The summed E-state index contributed by atoms with van der Waals surface area (Å²) in [5.74, 6) is 0. The van der Waals surface area contributed by atoms with Crippen molar-refractivity contribution in [2.75, 3.05) is 26.4 Å². The topological polar surface area (TPSA) is 339 Å². The lowest BCUT2D eigenvalue weighted by atomic mass is 9.86. The minimum Gasteiger partial charge on any atom is -0.394 e. The molecular formula is C28H52O20. The Kier molecular flexibility index (Phi) is 15.3. The zero-order chi connectivity index (χ0) is 36.2. The van der Waals surface area contributed by atoms with E-state index in [0.29, 0.717) is 0 Å². The third-order valence-corrected chi connectivity index (χ3v) is 8.43. The van der Waals surface area contributed by atoms with Gasteiger partial charge in [0, 0.05) is 0 Å². The van der Waals surface area contributed by atoms with Crippen molar-refractivity contribution in [3.8, 4) is 0 Å². The molecule has 0 aromatic carbocycles. The van der Waals surface area contributed by atoms with Gasteiger partial charge in [-0.25, -0.2) is 0 Å². The minimum absolute atomic E-state index is 0.0937. The average Bonchev–Trinajstić information content (AvgIpc) is 3.03. The second kappa shape index (κ2) is 17.6. The Labute approximate surface area is 275 Å². The fourth-order valence-electron chi connectivity index (χ4n) is 5.46. The first kappa shape index (κ1) is 41.6. The monoisotopic (exact) mass is 708 g/mol. The van der Waals surface area contributed by atoms with Crippen molar-refractivity contribution in [1.29, 1.82) is 0 Å². The molecule has 20 heteroatoms. The van der Waals surface area contributed by atoms with E-state index >= 15 is 0 Å². The molecule has 3 saturated heterocycles. The molecule has 284 valence electrons. The standard InChI is InChI=1S/C28H52O20/c1-28(2,3)4-9(30)14(32)15(33)10(31)6-43-25-23(41)20(38)17(35)12(47-25)8-45-27-24(42)21(39)18(36)13(48-27)7-44-26-22(40)19(37)16(34)11(5-29)46-26/h9-27,29-42H,4-8H2,1-3H3/t9-,10+,11+,12+,13+,14+,15+,16+,17+,18+,19-,20-,21-,22+,23+,24+,25-,26-,27-/m0/s1. The van der Waals surface area contributed by atoms with Crippen molar-refractivity contribution in [2.45, 2.75) is 144 Å². The second-order valence-corrected chi connectivity index (χ2v) is 13.6. The van der Waals surface area contributed by atoms with Gasteiger partial charge in [0.05, 0.1) is 32.5 Å². The van der Waals surface area contributed by atoms with Crippen LogP contribution in [0.4, 0.5) is 0 Å². The Morgan fingerprint density at radius 1 is 0.500 bits per heavy atom. The predicted molar refractivity (Wildman–Crippen MR) is 153 cm³/mol. The maximum Gasteiger partial charge on any atom is 0.186 e. The van der Waals surface area contributed by atoms with Gasteiger partial charge in [0.2, 0.25) is 0 Å². The first-order chi connectivity index (χ1) is 22.3. The number of ether oxygens (including phenoxy) is 6. The summed E-state index contributed by atoms with van der Waals surface area (Å²) in [7, 11) is 0. The maximum absolute atomic E-state index is 10.5. The molecule has 0 unspecified atom stereocenters. The van der Waals surface area contributed by atoms with Gasteiger partial charge in [-0.2, -0.15) is 0 Å². The van der Waals surface area contributed by atoms with Gasteiger partial charge in [-0.3, -0.25) is 0 Å². The summed E-state index contributed by atoms with van der Waals surface area (Å²) in [5.41, 5.74) is -0.408. The summed E-state index contributed by atoms with van der Waals surface area (Å²) in [6.07, 6.45) is -32.2. The highest BCUT2D eigenvalue weighted by molar-refractivity contribution is 4.93. The van der Waals surface area contributed by atoms with Crippen LogP contribution in [0.3, 0.4) is 0 Å². The molecule has 3 aliphatic heterocycles. The highest BCUT2D eigenvalue weighted by Gasteiger charge is 2.49. The molecule has 0 aromatic heterocycles. The van der Waals surface area contributed by atoms with Gasteiger partial charge in [-0.05, 0) is 11.8 Å². The number of hydrogen-bond acceptors (Lipinski definition) is 20. The minimum atomic E-state index is -1.89. The van der Waals surface area contributed by atoms with E-state index in [2.05, 4.69) is 0 Å². The van der Waals surface area contributed by atoms with Gasteiger partial charge >= 0.3 is 0 Å². The molecule has 0 radical (unpaired) electrons. The molecule has 3 aliphatic rings. The van der Waals surface area contributed by atoms with Crippen molar-refractivity contribution in [3.05, 3.63) is 0 Å². The normalized spacial score (nSPS) is 43.8. The lowest BCUT2D eigenvalue weighted by Crippen LogP contribution is -2.62. The fraction of sp³-hybridized carbons (Fsp3) is 1.00. The summed E-state index contributed by atoms with van der Waals surface area (Å²) >= 11 is 0. The number of hydrogen-bond donors (Lipinski definition) is 14. The summed E-state index contributed by atoms with van der Waals surface area (Å²) in [4.78, 5) is 0. The molecule has 3 rings (SSSR count). The van der Waals surface area contributed by atoms with E-state index < -0.39 is 148 Å². The molecule has 0 spiro atoms. The zero-order valence-electron chi connectivity index (χ0n) is 26.7. The predicted octanol–water partition coefficient (Wildman–Crippen LogP) is -7.67. The van der Waals surface area contributed by atoms with Crippen LogP contribution in [0.25, 0.3) is 0 Å². The molecule has 0 amide bonds. The third-order valence-electron chi connectivity index (χ3n) is 8.43. The van der Waals surface area contributed by atoms with Crippen molar-refractivity contribution < 1.29 is 99.9 Å². The van der Waals surface area contributed by atoms with Crippen LogP contribution in [0, 0.1) is 5.41 Å². The zero-order valence-corrected chi connectivity index (χ0v) is 26.7. The van der Waals surface area contributed by atoms with Crippen LogP contribution >= 0.6 is 0 Å². The van der Waals surface area contributed by atoms with Crippen molar-refractivity contribution >= 4 is 0 Å². The Hall–Kier alpha value is -0.800. The second-order valence-electron chi connectivity index (χ2n) is 13.6. The van der Waals surface area contributed by atoms with E-state index in [1.165, 1.54) is 0 Å². The Bertz CT molecular complexity index is 955. The maximum atomic E-state index is 10.5. The van der Waals surface area contributed by atoms with Crippen LogP contribution in [0.15, 0.2) is 0 Å². The van der Waals surface area contributed by atoms with Crippen LogP contribution in [0.2, 0.25) is 0 Å². The van der Waals surface area contributed by atoms with Crippen LogP contribution < -0.4 is 0 Å². The molecule has 0 aliphatic carbocycles. The van der Waals surface area contributed by atoms with E-state index in [9.17, 15) is 71.5 Å². The Morgan fingerprint density at radius 2 is 0.854 bits per heavy atom. The van der Waals surface area contributed by atoms with E-state index in [1.807, 2.05) is 0 Å². The van der Waals surface area contributed by atoms with Crippen LogP contribution in [0.1, 0.15) is 27.2 Å². The molecule has 0 bridgehead atoms. The van der Waals surface area contributed by atoms with Crippen molar-refractivity contribution in [3.63, 3.8) is 0 Å². The molecule has 3 heterocycles.